The molecule has 0 aliphatic heterocycles. The summed E-state index contributed by atoms with van der Waals surface area (Å²) in [5.41, 5.74) is 2.45. The van der Waals surface area contributed by atoms with E-state index in [-0.39, 0.29) is 5.63 Å². The Morgan fingerprint density at radius 2 is 1.75 bits per heavy atom. The maximum Gasteiger partial charge on any atom is 0.336 e. The van der Waals surface area contributed by atoms with Gasteiger partial charge in [0, 0.05) is 11.5 Å². The van der Waals surface area contributed by atoms with E-state index in [0.717, 1.165) is 16.5 Å². The molecule has 2 heteroatoms. The van der Waals surface area contributed by atoms with Crippen LogP contribution in [0.2, 0.25) is 0 Å². The predicted molar refractivity (Wildman–Crippen MR) is 67.9 cm³/mol. The molecule has 0 spiro atoms. The number of aryl methyl sites for hydroxylation is 2. The van der Waals surface area contributed by atoms with Crippen LogP contribution in [0.3, 0.4) is 0 Å². The summed E-state index contributed by atoms with van der Waals surface area (Å²) in [7, 11) is 0. The number of hydrogen-bond acceptors (Lipinski definition) is 2. The lowest BCUT2D eigenvalue weighted by molar-refractivity contribution is 0.559. The second kappa shape index (κ2) is 5.50. The predicted octanol–water partition coefficient (Wildman–Crippen LogP) is 3.83. The van der Waals surface area contributed by atoms with Crippen molar-refractivity contribution in [3.63, 3.8) is 0 Å². The van der Waals surface area contributed by atoms with Gasteiger partial charge in [-0.05, 0) is 31.0 Å². The van der Waals surface area contributed by atoms with Gasteiger partial charge in [0.2, 0.25) is 0 Å². The van der Waals surface area contributed by atoms with Crippen LogP contribution in [-0.4, -0.2) is 0 Å². The summed E-state index contributed by atoms with van der Waals surface area (Å²) in [5, 5.41) is 1.00. The fourth-order valence-electron chi connectivity index (χ4n) is 1.43. The number of rotatable bonds is 0. The van der Waals surface area contributed by atoms with E-state index in [1.807, 2.05) is 32.0 Å². The smallest absolute Gasteiger partial charge is 0.336 e. The van der Waals surface area contributed by atoms with Crippen LogP contribution < -0.4 is 5.63 Å². The molecule has 1 heterocycles. The van der Waals surface area contributed by atoms with Gasteiger partial charge in [-0.1, -0.05) is 32.4 Å². The summed E-state index contributed by atoms with van der Waals surface area (Å²) in [6.45, 7) is 8.14. The highest BCUT2D eigenvalue weighted by Gasteiger charge is 2.00. The molecule has 0 fully saturated rings. The molecular formula is C14H18O2. The lowest BCUT2D eigenvalue weighted by Gasteiger charge is -2.00. The number of benzene rings is 1. The Morgan fingerprint density at radius 1 is 1.12 bits per heavy atom. The summed E-state index contributed by atoms with van der Waals surface area (Å²) >= 11 is 0. The van der Waals surface area contributed by atoms with E-state index in [9.17, 15) is 4.79 Å². The van der Waals surface area contributed by atoms with Crippen LogP contribution in [-0.2, 0) is 0 Å². The van der Waals surface area contributed by atoms with Crippen LogP contribution in [0, 0.1) is 13.8 Å². The normalized spacial score (nSPS) is 9.75. The molecule has 2 nitrogen and oxygen atoms in total. The van der Waals surface area contributed by atoms with Crippen molar-refractivity contribution in [3.05, 3.63) is 45.8 Å². The summed E-state index contributed by atoms with van der Waals surface area (Å²) < 4.78 is 5.07. The minimum absolute atomic E-state index is 0.282. The number of fused-ring (bicyclic) bond motifs is 1. The molecule has 0 aliphatic carbocycles. The van der Waals surface area contributed by atoms with Crippen molar-refractivity contribution in [2.24, 2.45) is 0 Å². The molecule has 0 amide bonds. The Balaban J connectivity index is 0.000000386. The molecule has 0 radical (unpaired) electrons. The van der Waals surface area contributed by atoms with E-state index in [1.54, 1.807) is 0 Å². The molecule has 0 N–H and O–H groups in total. The highest BCUT2D eigenvalue weighted by Crippen LogP contribution is 2.16. The molecule has 0 atom stereocenters. The third-order valence-electron chi connectivity index (χ3n) is 2.11. The van der Waals surface area contributed by atoms with Gasteiger partial charge >= 0.3 is 5.63 Å². The third kappa shape index (κ3) is 2.96. The van der Waals surface area contributed by atoms with Crippen LogP contribution in [0.1, 0.15) is 31.4 Å². The van der Waals surface area contributed by atoms with E-state index in [1.165, 1.54) is 12.5 Å². The van der Waals surface area contributed by atoms with Gasteiger partial charge in [-0.25, -0.2) is 4.79 Å². The lowest BCUT2D eigenvalue weighted by Crippen LogP contribution is -1.97. The molecule has 0 bridgehead atoms. The Bertz CT molecular complexity index is 524. The molecular weight excluding hydrogens is 200 g/mol. The fraction of sp³-hybridized carbons (Fsp3) is 0.357. The molecule has 86 valence electrons. The summed E-state index contributed by atoms with van der Waals surface area (Å²) in [4.78, 5) is 11.0. The summed E-state index contributed by atoms with van der Waals surface area (Å²) in [6.07, 6.45) is 1.25. The SMILES string of the molecule is CCC.Cc1ccc2c(C)cc(=O)oc2c1. The van der Waals surface area contributed by atoms with Crippen LogP contribution in [0.15, 0.2) is 33.5 Å². The Kier molecular flexibility index (Phi) is 4.29. The first kappa shape index (κ1) is 12.5. The van der Waals surface area contributed by atoms with Crippen molar-refractivity contribution in [1.29, 1.82) is 0 Å². The molecule has 2 aromatic rings. The van der Waals surface area contributed by atoms with Gasteiger partial charge in [0.25, 0.3) is 0 Å². The fourth-order valence-corrected chi connectivity index (χ4v) is 1.43. The van der Waals surface area contributed by atoms with Crippen molar-refractivity contribution < 1.29 is 4.42 Å². The van der Waals surface area contributed by atoms with Gasteiger partial charge in [-0.15, -0.1) is 0 Å². The second-order valence-corrected chi connectivity index (χ2v) is 3.96. The molecule has 2 rings (SSSR count). The monoisotopic (exact) mass is 218 g/mol. The Hall–Kier alpha value is -1.57. The van der Waals surface area contributed by atoms with E-state index < -0.39 is 0 Å². The van der Waals surface area contributed by atoms with Crippen LogP contribution in [0.5, 0.6) is 0 Å². The average molecular weight is 218 g/mol. The minimum atomic E-state index is -0.282. The molecule has 0 aliphatic rings. The standard InChI is InChI=1S/C11H10O2.C3H8/c1-7-3-4-9-8(2)6-11(12)13-10(9)5-7;1-3-2/h3-6H,1-2H3;3H2,1-2H3. The first-order valence-corrected chi connectivity index (χ1v) is 5.59. The first-order valence-electron chi connectivity index (χ1n) is 5.59. The van der Waals surface area contributed by atoms with Crippen molar-refractivity contribution in [2.45, 2.75) is 34.1 Å². The summed E-state index contributed by atoms with van der Waals surface area (Å²) in [5.74, 6) is 0. The van der Waals surface area contributed by atoms with Crippen molar-refractivity contribution >= 4 is 11.0 Å². The van der Waals surface area contributed by atoms with Crippen molar-refractivity contribution in [1.82, 2.24) is 0 Å². The van der Waals surface area contributed by atoms with Gasteiger partial charge in [-0.2, -0.15) is 0 Å². The minimum Gasteiger partial charge on any atom is -0.423 e. The second-order valence-electron chi connectivity index (χ2n) is 3.96. The Morgan fingerprint density at radius 3 is 2.38 bits per heavy atom. The van der Waals surface area contributed by atoms with E-state index in [0.29, 0.717) is 5.58 Å². The van der Waals surface area contributed by atoms with Gasteiger partial charge < -0.3 is 4.42 Å². The largest absolute Gasteiger partial charge is 0.423 e. The van der Waals surface area contributed by atoms with Crippen molar-refractivity contribution in [2.75, 3.05) is 0 Å². The zero-order valence-electron chi connectivity index (χ0n) is 10.3. The van der Waals surface area contributed by atoms with E-state index in [4.69, 9.17) is 4.42 Å². The number of hydrogen-bond donors (Lipinski definition) is 0. The van der Waals surface area contributed by atoms with E-state index in [2.05, 4.69) is 13.8 Å². The maximum atomic E-state index is 11.0. The van der Waals surface area contributed by atoms with Crippen molar-refractivity contribution in [3.8, 4) is 0 Å². The van der Waals surface area contributed by atoms with Crippen LogP contribution in [0.25, 0.3) is 11.0 Å². The van der Waals surface area contributed by atoms with Gasteiger partial charge in [-0.3, -0.25) is 0 Å². The molecule has 1 aromatic carbocycles. The maximum absolute atomic E-state index is 11.0. The van der Waals surface area contributed by atoms with Crippen LogP contribution >= 0.6 is 0 Å². The van der Waals surface area contributed by atoms with Gasteiger partial charge in [0.1, 0.15) is 5.58 Å². The topological polar surface area (TPSA) is 30.2 Å². The third-order valence-corrected chi connectivity index (χ3v) is 2.11. The first-order chi connectivity index (χ1) is 7.58. The molecule has 16 heavy (non-hydrogen) atoms. The van der Waals surface area contributed by atoms with Gasteiger partial charge in [0.05, 0.1) is 0 Å². The van der Waals surface area contributed by atoms with Gasteiger partial charge in [0.15, 0.2) is 0 Å². The van der Waals surface area contributed by atoms with Crippen LogP contribution in [0.4, 0.5) is 0 Å². The molecule has 1 aromatic heterocycles. The quantitative estimate of drug-likeness (QED) is 0.629. The average Bonchev–Trinajstić information content (AvgIpc) is 2.17. The van der Waals surface area contributed by atoms with E-state index >= 15 is 0 Å². The molecule has 0 saturated heterocycles. The Labute approximate surface area is 95.9 Å². The zero-order chi connectivity index (χ0) is 12.1. The summed E-state index contributed by atoms with van der Waals surface area (Å²) in [6, 6.07) is 7.37. The highest BCUT2D eigenvalue weighted by atomic mass is 16.4. The lowest BCUT2D eigenvalue weighted by atomic mass is 10.1. The highest BCUT2D eigenvalue weighted by molar-refractivity contribution is 5.80. The molecule has 0 unspecified atom stereocenters. The molecule has 0 saturated carbocycles. The zero-order valence-corrected chi connectivity index (χ0v) is 10.3.